The second-order valence-corrected chi connectivity index (χ2v) is 5.68. The Morgan fingerprint density at radius 2 is 2.18 bits per heavy atom. The number of rotatable bonds is 4. The fourth-order valence-electron chi connectivity index (χ4n) is 1.80. The van der Waals surface area contributed by atoms with Crippen LogP contribution >= 0.6 is 11.3 Å². The molecule has 0 aliphatic carbocycles. The van der Waals surface area contributed by atoms with Crippen molar-refractivity contribution in [3.8, 4) is 0 Å². The Morgan fingerprint density at radius 1 is 1.35 bits per heavy atom. The first-order valence-corrected chi connectivity index (χ1v) is 6.68. The van der Waals surface area contributed by atoms with Crippen molar-refractivity contribution in [1.82, 2.24) is 10.3 Å². The minimum absolute atomic E-state index is 0.373. The molecule has 0 saturated heterocycles. The van der Waals surface area contributed by atoms with Crippen molar-refractivity contribution in [2.75, 3.05) is 0 Å². The van der Waals surface area contributed by atoms with Gasteiger partial charge in [-0.25, -0.2) is 4.98 Å². The van der Waals surface area contributed by atoms with Gasteiger partial charge in [0.2, 0.25) is 0 Å². The second-order valence-electron chi connectivity index (χ2n) is 4.36. The van der Waals surface area contributed by atoms with Crippen LogP contribution in [0, 0.1) is 13.8 Å². The van der Waals surface area contributed by atoms with E-state index in [1.165, 1.54) is 16.0 Å². The molecule has 3 heteroatoms. The maximum absolute atomic E-state index is 4.26. The number of aryl methyl sites for hydroxylation is 2. The molecule has 90 valence electrons. The summed E-state index contributed by atoms with van der Waals surface area (Å²) in [6, 6.07) is 9.01. The van der Waals surface area contributed by atoms with E-state index >= 15 is 0 Å². The molecule has 0 aliphatic rings. The monoisotopic (exact) mass is 246 g/mol. The lowest BCUT2D eigenvalue weighted by Gasteiger charge is -2.13. The topological polar surface area (TPSA) is 24.9 Å². The summed E-state index contributed by atoms with van der Waals surface area (Å²) < 4.78 is 0. The van der Waals surface area contributed by atoms with Crippen LogP contribution in [0.5, 0.6) is 0 Å². The summed E-state index contributed by atoms with van der Waals surface area (Å²) in [5, 5.41) is 4.66. The summed E-state index contributed by atoms with van der Waals surface area (Å²) in [4.78, 5) is 5.55. The zero-order valence-electron chi connectivity index (χ0n) is 10.5. The number of thiazole rings is 1. The molecule has 0 fully saturated rings. The first kappa shape index (κ1) is 12.3. The summed E-state index contributed by atoms with van der Waals surface area (Å²) in [5.41, 5.74) is 2.65. The lowest BCUT2D eigenvalue weighted by atomic mass is 10.1. The third-order valence-corrected chi connectivity index (χ3v) is 3.71. The van der Waals surface area contributed by atoms with E-state index in [0.717, 1.165) is 11.6 Å². The number of aromatic nitrogens is 1. The lowest BCUT2D eigenvalue weighted by Crippen LogP contribution is -2.17. The molecule has 2 aromatic rings. The molecule has 0 bridgehead atoms. The highest BCUT2D eigenvalue weighted by Gasteiger charge is 2.05. The van der Waals surface area contributed by atoms with Crippen LogP contribution < -0.4 is 5.32 Å². The van der Waals surface area contributed by atoms with Gasteiger partial charge in [0.05, 0.1) is 5.01 Å². The van der Waals surface area contributed by atoms with Gasteiger partial charge in [-0.15, -0.1) is 11.3 Å². The molecule has 1 N–H and O–H groups in total. The van der Waals surface area contributed by atoms with Crippen molar-refractivity contribution in [3.63, 3.8) is 0 Å². The molecule has 1 heterocycles. The Balaban J connectivity index is 1.95. The molecular weight excluding hydrogens is 228 g/mol. The van der Waals surface area contributed by atoms with Crippen molar-refractivity contribution >= 4 is 11.3 Å². The standard InChI is InChI=1S/C14H18N2S/c1-10-5-4-6-13(7-10)11(2)15-8-14-9-16-12(3)17-14/h4-7,9,11,15H,8H2,1-3H3. The summed E-state index contributed by atoms with van der Waals surface area (Å²) in [5.74, 6) is 0. The molecule has 17 heavy (non-hydrogen) atoms. The van der Waals surface area contributed by atoms with E-state index in [4.69, 9.17) is 0 Å². The zero-order valence-corrected chi connectivity index (χ0v) is 11.3. The van der Waals surface area contributed by atoms with Crippen molar-refractivity contribution in [2.45, 2.75) is 33.4 Å². The number of hydrogen-bond donors (Lipinski definition) is 1. The molecular formula is C14H18N2S. The Morgan fingerprint density at radius 3 is 2.82 bits per heavy atom. The lowest BCUT2D eigenvalue weighted by molar-refractivity contribution is 0.578. The summed E-state index contributed by atoms with van der Waals surface area (Å²) in [6.07, 6.45) is 1.95. The van der Waals surface area contributed by atoms with Crippen LogP contribution in [0.2, 0.25) is 0 Å². The fraction of sp³-hybridized carbons (Fsp3) is 0.357. The highest BCUT2D eigenvalue weighted by Crippen LogP contribution is 2.16. The SMILES string of the molecule is Cc1cccc(C(C)NCc2cnc(C)s2)c1. The van der Waals surface area contributed by atoms with Gasteiger partial charge in [0, 0.05) is 23.7 Å². The largest absolute Gasteiger partial charge is 0.305 e. The van der Waals surface area contributed by atoms with Crippen molar-refractivity contribution < 1.29 is 0 Å². The van der Waals surface area contributed by atoms with Crippen molar-refractivity contribution in [2.24, 2.45) is 0 Å². The number of benzene rings is 1. The minimum atomic E-state index is 0.373. The number of nitrogens with zero attached hydrogens (tertiary/aromatic N) is 1. The second kappa shape index (κ2) is 5.43. The average Bonchev–Trinajstić information content (AvgIpc) is 2.72. The van der Waals surface area contributed by atoms with Gasteiger partial charge in [-0.2, -0.15) is 0 Å². The molecule has 0 amide bonds. The van der Waals surface area contributed by atoms with Crippen LogP contribution in [-0.2, 0) is 6.54 Å². The Labute approximate surface area is 107 Å². The molecule has 1 aromatic heterocycles. The molecule has 1 atom stereocenters. The predicted molar refractivity (Wildman–Crippen MR) is 73.3 cm³/mol. The Hall–Kier alpha value is -1.19. The van der Waals surface area contributed by atoms with Gasteiger partial charge in [-0.05, 0) is 26.3 Å². The maximum atomic E-state index is 4.26. The van der Waals surface area contributed by atoms with Gasteiger partial charge in [-0.1, -0.05) is 29.8 Å². The van der Waals surface area contributed by atoms with E-state index in [2.05, 4.69) is 48.4 Å². The van der Waals surface area contributed by atoms with Gasteiger partial charge >= 0.3 is 0 Å². The van der Waals surface area contributed by atoms with E-state index < -0.39 is 0 Å². The normalized spacial score (nSPS) is 12.6. The summed E-state index contributed by atoms with van der Waals surface area (Å²) in [6.45, 7) is 7.25. The van der Waals surface area contributed by atoms with Crippen LogP contribution in [0.3, 0.4) is 0 Å². The minimum Gasteiger partial charge on any atom is -0.305 e. The summed E-state index contributed by atoms with van der Waals surface area (Å²) >= 11 is 1.75. The van der Waals surface area contributed by atoms with Gasteiger partial charge < -0.3 is 5.32 Å². The van der Waals surface area contributed by atoms with Crippen LogP contribution in [-0.4, -0.2) is 4.98 Å². The quantitative estimate of drug-likeness (QED) is 0.891. The van der Waals surface area contributed by atoms with Crippen LogP contribution in [0.1, 0.15) is 34.0 Å². The molecule has 1 unspecified atom stereocenters. The van der Waals surface area contributed by atoms with E-state index in [0.29, 0.717) is 6.04 Å². The highest BCUT2D eigenvalue weighted by atomic mass is 32.1. The fourth-order valence-corrected chi connectivity index (χ4v) is 2.54. The molecule has 2 rings (SSSR count). The van der Waals surface area contributed by atoms with Gasteiger partial charge in [0.1, 0.15) is 0 Å². The third-order valence-electron chi connectivity index (χ3n) is 2.79. The Kier molecular flexibility index (Phi) is 3.92. The van der Waals surface area contributed by atoms with E-state index in [-0.39, 0.29) is 0 Å². The van der Waals surface area contributed by atoms with E-state index in [1.807, 2.05) is 13.1 Å². The molecule has 0 aliphatic heterocycles. The number of nitrogens with one attached hydrogen (secondary N) is 1. The summed E-state index contributed by atoms with van der Waals surface area (Å²) in [7, 11) is 0. The Bertz CT molecular complexity index is 490. The van der Waals surface area contributed by atoms with Crippen molar-refractivity contribution in [3.05, 3.63) is 51.5 Å². The zero-order chi connectivity index (χ0) is 12.3. The first-order valence-electron chi connectivity index (χ1n) is 5.86. The van der Waals surface area contributed by atoms with Crippen LogP contribution in [0.25, 0.3) is 0 Å². The average molecular weight is 246 g/mol. The molecule has 1 aromatic carbocycles. The van der Waals surface area contributed by atoms with E-state index in [1.54, 1.807) is 11.3 Å². The molecule has 0 spiro atoms. The van der Waals surface area contributed by atoms with Crippen molar-refractivity contribution in [1.29, 1.82) is 0 Å². The smallest absolute Gasteiger partial charge is 0.0897 e. The maximum Gasteiger partial charge on any atom is 0.0897 e. The highest BCUT2D eigenvalue weighted by molar-refractivity contribution is 7.11. The van der Waals surface area contributed by atoms with Gasteiger partial charge in [-0.3, -0.25) is 0 Å². The van der Waals surface area contributed by atoms with Gasteiger partial charge in [0.15, 0.2) is 0 Å². The molecule has 0 radical (unpaired) electrons. The number of hydrogen-bond acceptors (Lipinski definition) is 3. The van der Waals surface area contributed by atoms with Crippen LogP contribution in [0.4, 0.5) is 0 Å². The van der Waals surface area contributed by atoms with E-state index in [9.17, 15) is 0 Å². The molecule has 2 nitrogen and oxygen atoms in total. The first-order chi connectivity index (χ1) is 8.15. The third kappa shape index (κ3) is 3.38. The van der Waals surface area contributed by atoms with Gasteiger partial charge in [0.25, 0.3) is 0 Å². The van der Waals surface area contributed by atoms with Crippen LogP contribution in [0.15, 0.2) is 30.5 Å². The predicted octanol–water partition coefficient (Wildman–Crippen LogP) is 3.61. The molecule has 0 saturated carbocycles.